The van der Waals surface area contributed by atoms with Gasteiger partial charge in [-0.2, -0.15) is 0 Å². The lowest BCUT2D eigenvalue weighted by Gasteiger charge is -2.09. The van der Waals surface area contributed by atoms with Crippen LogP contribution in [0.25, 0.3) is 0 Å². The average Bonchev–Trinajstić information content (AvgIpc) is 2.40. The predicted molar refractivity (Wildman–Crippen MR) is 82.5 cm³/mol. The molecule has 0 aliphatic heterocycles. The van der Waals surface area contributed by atoms with Gasteiger partial charge in [-0.3, -0.25) is 9.36 Å². The summed E-state index contributed by atoms with van der Waals surface area (Å²) in [5.41, 5.74) is 8.05. The fourth-order valence-corrected chi connectivity index (χ4v) is 2.19. The summed E-state index contributed by atoms with van der Waals surface area (Å²) in [6, 6.07) is 5.48. The number of aryl methyl sites for hydroxylation is 1. The number of ether oxygens (including phenoxy) is 1. The van der Waals surface area contributed by atoms with Gasteiger partial charge in [-0.05, 0) is 47.2 Å². The maximum Gasteiger partial charge on any atom is 0.267 e. The third-order valence-corrected chi connectivity index (χ3v) is 4.05. The number of benzene rings is 1. The average molecular weight is 371 g/mol. The highest BCUT2D eigenvalue weighted by molar-refractivity contribution is 14.1. The summed E-state index contributed by atoms with van der Waals surface area (Å²) in [5, 5.41) is 0. The molecule has 0 spiro atoms. The normalized spacial score (nSPS) is 10.5. The van der Waals surface area contributed by atoms with Gasteiger partial charge in [-0.15, -0.1) is 0 Å². The van der Waals surface area contributed by atoms with E-state index in [-0.39, 0.29) is 5.56 Å². The Morgan fingerprint density at radius 1 is 1.47 bits per heavy atom. The summed E-state index contributed by atoms with van der Waals surface area (Å²) in [5.74, 6) is 0.632. The molecule has 19 heavy (non-hydrogen) atoms. The fourth-order valence-electron chi connectivity index (χ4n) is 1.74. The van der Waals surface area contributed by atoms with E-state index < -0.39 is 0 Å². The predicted octanol–water partition coefficient (Wildman–Crippen LogP) is 1.80. The van der Waals surface area contributed by atoms with Crippen LogP contribution in [0.2, 0.25) is 0 Å². The van der Waals surface area contributed by atoms with Crippen molar-refractivity contribution in [3.05, 3.63) is 49.7 Å². The second kappa shape index (κ2) is 5.60. The van der Waals surface area contributed by atoms with E-state index in [0.29, 0.717) is 21.6 Å². The van der Waals surface area contributed by atoms with Crippen molar-refractivity contribution in [2.45, 2.75) is 13.5 Å². The summed E-state index contributed by atoms with van der Waals surface area (Å²) in [4.78, 5) is 16.3. The van der Waals surface area contributed by atoms with Gasteiger partial charge < -0.3 is 10.5 Å². The lowest BCUT2D eigenvalue weighted by Crippen LogP contribution is -2.24. The van der Waals surface area contributed by atoms with Crippen LogP contribution >= 0.6 is 22.6 Å². The molecule has 1 aromatic carbocycles. The van der Waals surface area contributed by atoms with E-state index in [1.54, 1.807) is 30.1 Å². The lowest BCUT2D eigenvalue weighted by atomic mass is 10.2. The zero-order chi connectivity index (χ0) is 14.0. The number of nitrogens with two attached hydrogens (primary N) is 1. The van der Waals surface area contributed by atoms with Gasteiger partial charge in [0.1, 0.15) is 5.75 Å². The number of anilines is 1. The Labute approximate surface area is 124 Å². The molecule has 2 N–H and O–H groups in total. The minimum atomic E-state index is -0.0394. The van der Waals surface area contributed by atoms with Gasteiger partial charge in [0.25, 0.3) is 5.56 Å². The van der Waals surface area contributed by atoms with Crippen LogP contribution in [0.5, 0.6) is 5.75 Å². The minimum Gasteiger partial charge on any atom is -0.495 e. The molecule has 0 saturated carbocycles. The molecular formula is C13H14IN3O2. The lowest BCUT2D eigenvalue weighted by molar-refractivity contribution is 0.417. The number of nitrogens with zero attached hydrogens (tertiary/aromatic N) is 2. The molecule has 5 nitrogen and oxygen atoms in total. The summed E-state index contributed by atoms with van der Waals surface area (Å²) in [6.07, 6.45) is 1.56. The van der Waals surface area contributed by atoms with Gasteiger partial charge in [-0.1, -0.05) is 6.07 Å². The van der Waals surface area contributed by atoms with Crippen LogP contribution in [0.1, 0.15) is 11.3 Å². The Kier molecular flexibility index (Phi) is 4.08. The molecule has 0 radical (unpaired) electrons. The molecule has 0 fully saturated rings. The van der Waals surface area contributed by atoms with Gasteiger partial charge in [-0.25, -0.2) is 4.98 Å². The van der Waals surface area contributed by atoms with Crippen molar-refractivity contribution in [1.29, 1.82) is 0 Å². The van der Waals surface area contributed by atoms with Crippen molar-refractivity contribution >= 4 is 28.3 Å². The van der Waals surface area contributed by atoms with E-state index in [2.05, 4.69) is 4.98 Å². The molecule has 0 aliphatic carbocycles. The van der Waals surface area contributed by atoms with Crippen LogP contribution in [0, 0.1) is 10.5 Å². The highest BCUT2D eigenvalue weighted by Gasteiger charge is 2.07. The van der Waals surface area contributed by atoms with Crippen molar-refractivity contribution in [2.75, 3.05) is 12.8 Å². The molecule has 1 heterocycles. The first-order valence-electron chi connectivity index (χ1n) is 5.67. The maximum atomic E-state index is 12.1. The van der Waals surface area contributed by atoms with Gasteiger partial charge in [0, 0.05) is 0 Å². The zero-order valence-corrected chi connectivity index (χ0v) is 12.8. The van der Waals surface area contributed by atoms with E-state index in [4.69, 9.17) is 10.5 Å². The Balaban J connectivity index is 2.34. The third-order valence-electron chi connectivity index (χ3n) is 2.80. The van der Waals surface area contributed by atoms with Crippen LogP contribution in [0.15, 0.2) is 29.3 Å². The second-order valence-corrected chi connectivity index (χ2v) is 5.23. The minimum absolute atomic E-state index is 0.0394. The van der Waals surface area contributed by atoms with Crippen molar-refractivity contribution < 1.29 is 4.74 Å². The standard InChI is InChI=1S/C13H14IN3O2/c1-8-12(14)13(18)17(7-16-8)6-9-3-4-11(19-2)10(15)5-9/h3-5,7H,6,15H2,1-2H3. The maximum absolute atomic E-state index is 12.1. The largest absolute Gasteiger partial charge is 0.495 e. The molecule has 1 aromatic heterocycles. The number of aromatic nitrogens is 2. The van der Waals surface area contributed by atoms with E-state index in [1.807, 2.05) is 35.6 Å². The fraction of sp³-hybridized carbons (Fsp3) is 0.231. The Morgan fingerprint density at radius 2 is 2.21 bits per heavy atom. The molecule has 2 aromatic rings. The van der Waals surface area contributed by atoms with Crippen molar-refractivity contribution in [1.82, 2.24) is 9.55 Å². The van der Waals surface area contributed by atoms with Gasteiger partial charge in [0.15, 0.2) is 0 Å². The molecule has 0 aliphatic rings. The van der Waals surface area contributed by atoms with E-state index in [9.17, 15) is 4.79 Å². The number of nitrogen functional groups attached to an aromatic ring is 1. The SMILES string of the molecule is COc1ccc(Cn2cnc(C)c(I)c2=O)cc1N. The van der Waals surface area contributed by atoms with Gasteiger partial charge >= 0.3 is 0 Å². The quantitative estimate of drug-likeness (QED) is 0.660. The first-order valence-corrected chi connectivity index (χ1v) is 6.74. The number of methoxy groups -OCH3 is 1. The van der Waals surface area contributed by atoms with Crippen LogP contribution in [0.4, 0.5) is 5.69 Å². The topological polar surface area (TPSA) is 70.1 Å². The first-order chi connectivity index (χ1) is 9.02. The Bertz CT molecular complexity index is 667. The summed E-state index contributed by atoms with van der Waals surface area (Å²) in [6.45, 7) is 2.26. The van der Waals surface area contributed by atoms with Crippen molar-refractivity contribution in [3.8, 4) is 5.75 Å². The van der Waals surface area contributed by atoms with Crippen molar-refractivity contribution in [2.24, 2.45) is 0 Å². The van der Waals surface area contributed by atoms with Crippen LogP contribution < -0.4 is 16.0 Å². The highest BCUT2D eigenvalue weighted by atomic mass is 127. The Morgan fingerprint density at radius 3 is 2.84 bits per heavy atom. The van der Waals surface area contributed by atoms with E-state index in [0.717, 1.165) is 11.3 Å². The van der Waals surface area contributed by atoms with Crippen LogP contribution in [-0.2, 0) is 6.54 Å². The summed E-state index contributed by atoms with van der Waals surface area (Å²) < 4.78 is 7.31. The van der Waals surface area contributed by atoms with E-state index in [1.165, 1.54) is 0 Å². The molecule has 0 bridgehead atoms. The van der Waals surface area contributed by atoms with Gasteiger partial charge in [0.2, 0.25) is 0 Å². The molecule has 6 heteroatoms. The molecule has 100 valence electrons. The number of halogens is 1. The monoisotopic (exact) mass is 371 g/mol. The van der Waals surface area contributed by atoms with E-state index >= 15 is 0 Å². The third kappa shape index (κ3) is 2.89. The van der Waals surface area contributed by atoms with Crippen LogP contribution in [0.3, 0.4) is 0 Å². The summed E-state index contributed by atoms with van der Waals surface area (Å²) in [7, 11) is 1.57. The molecule has 0 saturated heterocycles. The molecule has 0 atom stereocenters. The molecule has 0 amide bonds. The number of hydrogen-bond acceptors (Lipinski definition) is 4. The second-order valence-electron chi connectivity index (χ2n) is 4.15. The molecule has 2 rings (SSSR count). The Hall–Kier alpha value is -1.57. The summed E-state index contributed by atoms with van der Waals surface area (Å²) >= 11 is 2.01. The number of hydrogen-bond donors (Lipinski definition) is 1. The highest BCUT2D eigenvalue weighted by Crippen LogP contribution is 2.22. The number of rotatable bonds is 3. The van der Waals surface area contributed by atoms with Crippen molar-refractivity contribution in [3.63, 3.8) is 0 Å². The smallest absolute Gasteiger partial charge is 0.267 e. The zero-order valence-electron chi connectivity index (χ0n) is 10.7. The molecular weight excluding hydrogens is 357 g/mol. The molecule has 0 unspecified atom stereocenters. The van der Waals surface area contributed by atoms with Crippen LogP contribution in [-0.4, -0.2) is 16.7 Å². The van der Waals surface area contributed by atoms with Gasteiger partial charge in [0.05, 0.1) is 34.9 Å². The first kappa shape index (κ1) is 13.9.